The van der Waals surface area contributed by atoms with Gasteiger partial charge in [-0.3, -0.25) is 9.69 Å². The summed E-state index contributed by atoms with van der Waals surface area (Å²) >= 11 is 0. The number of nitrogens with zero attached hydrogens (tertiary/aromatic N) is 3. The lowest BCUT2D eigenvalue weighted by Crippen LogP contribution is -2.47. The molecular formula is C34H41N3O4. The molecule has 3 aromatic carbocycles. The third-order valence-corrected chi connectivity index (χ3v) is 8.35. The minimum absolute atomic E-state index is 0.0106. The van der Waals surface area contributed by atoms with Gasteiger partial charge in [-0.2, -0.15) is 0 Å². The van der Waals surface area contributed by atoms with Gasteiger partial charge in [-0.25, -0.2) is 0 Å². The molecule has 1 amide bonds. The van der Waals surface area contributed by atoms with Crippen molar-refractivity contribution in [3.8, 4) is 16.9 Å². The van der Waals surface area contributed by atoms with Crippen molar-refractivity contribution in [3.63, 3.8) is 0 Å². The van der Waals surface area contributed by atoms with Crippen molar-refractivity contribution in [2.24, 2.45) is 13.0 Å². The maximum absolute atomic E-state index is 14.5. The summed E-state index contributed by atoms with van der Waals surface area (Å²) in [6.45, 7) is 6.20. The SMILES string of the molecule is COc1ccccc1CN(C)C[C@@H]1OCc2ccccc2-c2c(n(C)c3ccccc23)C(=O)N([C@@H](C)CO)C[C@@H]1C. The van der Waals surface area contributed by atoms with Crippen LogP contribution in [0.4, 0.5) is 0 Å². The van der Waals surface area contributed by atoms with E-state index in [0.717, 1.165) is 38.9 Å². The lowest BCUT2D eigenvalue weighted by molar-refractivity contribution is -0.0242. The number of aliphatic hydroxyl groups is 1. The molecule has 0 radical (unpaired) electrons. The van der Waals surface area contributed by atoms with E-state index in [2.05, 4.69) is 49.2 Å². The maximum atomic E-state index is 14.5. The topological polar surface area (TPSA) is 67.2 Å². The molecule has 0 saturated heterocycles. The lowest BCUT2D eigenvalue weighted by Gasteiger charge is -2.35. The Kier molecular flexibility index (Phi) is 8.78. The van der Waals surface area contributed by atoms with Crippen LogP contribution < -0.4 is 4.74 Å². The smallest absolute Gasteiger partial charge is 0.271 e. The van der Waals surface area contributed by atoms with Gasteiger partial charge in [0.05, 0.1) is 32.5 Å². The highest BCUT2D eigenvalue weighted by molar-refractivity contribution is 6.10. The number of benzene rings is 3. The first kappa shape index (κ1) is 28.9. The van der Waals surface area contributed by atoms with E-state index in [1.165, 1.54) is 0 Å². The molecular weight excluding hydrogens is 514 g/mol. The second-order valence-electron chi connectivity index (χ2n) is 11.3. The number of carbonyl (C=O) groups excluding carboxylic acids is 1. The van der Waals surface area contributed by atoms with Gasteiger partial charge in [0.2, 0.25) is 0 Å². The van der Waals surface area contributed by atoms with Crippen molar-refractivity contribution in [1.29, 1.82) is 0 Å². The normalized spacial score (nSPS) is 18.6. The van der Waals surface area contributed by atoms with E-state index in [4.69, 9.17) is 9.47 Å². The number of aliphatic hydroxyl groups excluding tert-OH is 1. The Bertz CT molecular complexity index is 1510. The summed E-state index contributed by atoms with van der Waals surface area (Å²) in [5, 5.41) is 11.3. The predicted octanol–water partition coefficient (Wildman–Crippen LogP) is 5.34. The van der Waals surface area contributed by atoms with Gasteiger partial charge in [-0.1, -0.05) is 67.6 Å². The number of methoxy groups -OCH3 is 1. The van der Waals surface area contributed by atoms with E-state index in [1.807, 2.05) is 65.9 Å². The minimum Gasteiger partial charge on any atom is -0.496 e. The summed E-state index contributed by atoms with van der Waals surface area (Å²) in [5.41, 5.74) is 5.71. The molecule has 7 nitrogen and oxygen atoms in total. The Morgan fingerprint density at radius 3 is 2.56 bits per heavy atom. The maximum Gasteiger partial charge on any atom is 0.271 e. The van der Waals surface area contributed by atoms with Gasteiger partial charge in [-0.15, -0.1) is 0 Å². The van der Waals surface area contributed by atoms with Crippen LogP contribution in [0.5, 0.6) is 5.75 Å². The Morgan fingerprint density at radius 2 is 1.78 bits per heavy atom. The molecule has 0 saturated carbocycles. The third-order valence-electron chi connectivity index (χ3n) is 8.35. The zero-order valence-electron chi connectivity index (χ0n) is 24.7. The number of carbonyl (C=O) groups is 1. The molecule has 1 aromatic heterocycles. The summed E-state index contributed by atoms with van der Waals surface area (Å²) in [6.07, 6.45) is -0.151. The van der Waals surface area contributed by atoms with Gasteiger partial charge < -0.3 is 24.0 Å². The predicted molar refractivity (Wildman–Crippen MR) is 163 cm³/mol. The zero-order chi connectivity index (χ0) is 29.1. The van der Waals surface area contributed by atoms with Crippen molar-refractivity contribution in [2.75, 3.05) is 33.9 Å². The number of aryl methyl sites for hydroxylation is 1. The molecule has 216 valence electrons. The lowest BCUT2D eigenvalue weighted by atomic mass is 9.96. The van der Waals surface area contributed by atoms with Crippen LogP contribution in [0.3, 0.4) is 0 Å². The van der Waals surface area contributed by atoms with Gasteiger partial charge in [0.15, 0.2) is 0 Å². The fourth-order valence-electron chi connectivity index (χ4n) is 6.02. The van der Waals surface area contributed by atoms with Crippen LogP contribution in [0.1, 0.15) is 35.5 Å². The van der Waals surface area contributed by atoms with Crippen LogP contribution >= 0.6 is 0 Å². The van der Waals surface area contributed by atoms with Gasteiger partial charge >= 0.3 is 0 Å². The second kappa shape index (κ2) is 12.5. The fourth-order valence-corrected chi connectivity index (χ4v) is 6.02. The molecule has 41 heavy (non-hydrogen) atoms. The minimum atomic E-state index is -0.348. The van der Waals surface area contributed by atoms with E-state index in [0.29, 0.717) is 31.9 Å². The second-order valence-corrected chi connectivity index (χ2v) is 11.3. The number of para-hydroxylation sites is 2. The summed E-state index contributed by atoms with van der Waals surface area (Å²) in [7, 11) is 5.74. The summed E-state index contributed by atoms with van der Waals surface area (Å²) < 4.78 is 14.3. The molecule has 1 N–H and O–H groups in total. The molecule has 3 atom stereocenters. The number of likely N-dealkylation sites (N-methyl/N-ethyl adjacent to an activating group) is 1. The average molecular weight is 556 g/mol. The molecule has 4 aromatic rings. The fraction of sp³-hybridized carbons (Fsp3) is 0.382. The molecule has 0 fully saturated rings. The number of amides is 1. The van der Waals surface area contributed by atoms with E-state index in [9.17, 15) is 9.90 Å². The summed E-state index contributed by atoms with van der Waals surface area (Å²) in [6, 6.07) is 24.1. The zero-order valence-corrected chi connectivity index (χ0v) is 24.7. The van der Waals surface area contributed by atoms with Crippen LogP contribution in [0.25, 0.3) is 22.0 Å². The van der Waals surface area contributed by atoms with Crippen molar-refractivity contribution in [1.82, 2.24) is 14.4 Å². The first-order chi connectivity index (χ1) is 19.8. The Balaban J connectivity index is 1.56. The summed E-state index contributed by atoms with van der Waals surface area (Å²) in [4.78, 5) is 18.6. The Morgan fingerprint density at radius 1 is 1.07 bits per heavy atom. The van der Waals surface area contributed by atoms with Crippen molar-refractivity contribution < 1.29 is 19.4 Å². The van der Waals surface area contributed by atoms with E-state index < -0.39 is 0 Å². The van der Waals surface area contributed by atoms with Crippen LogP contribution in [0.2, 0.25) is 0 Å². The molecule has 0 aliphatic carbocycles. The number of ether oxygens (including phenoxy) is 2. The Hall–Kier alpha value is -3.65. The monoisotopic (exact) mass is 555 g/mol. The van der Waals surface area contributed by atoms with Gasteiger partial charge in [0.1, 0.15) is 11.4 Å². The van der Waals surface area contributed by atoms with E-state index >= 15 is 0 Å². The van der Waals surface area contributed by atoms with Crippen LogP contribution in [0, 0.1) is 5.92 Å². The molecule has 0 unspecified atom stereocenters. The number of fused-ring (bicyclic) bond motifs is 5. The van der Waals surface area contributed by atoms with E-state index in [1.54, 1.807) is 7.11 Å². The third kappa shape index (κ3) is 5.75. The number of rotatable bonds is 7. The number of hydrogen-bond acceptors (Lipinski definition) is 5. The highest BCUT2D eigenvalue weighted by Crippen LogP contribution is 2.38. The molecule has 0 bridgehead atoms. The quantitative estimate of drug-likeness (QED) is 0.333. The van der Waals surface area contributed by atoms with Crippen LogP contribution in [0.15, 0.2) is 72.8 Å². The summed E-state index contributed by atoms with van der Waals surface area (Å²) in [5.74, 6) is 0.796. The van der Waals surface area contributed by atoms with Crippen molar-refractivity contribution in [2.45, 2.75) is 39.1 Å². The average Bonchev–Trinajstić information content (AvgIpc) is 3.28. The number of hydrogen-bond donors (Lipinski definition) is 1. The highest BCUT2D eigenvalue weighted by Gasteiger charge is 2.33. The largest absolute Gasteiger partial charge is 0.496 e. The molecule has 1 aliphatic heterocycles. The molecule has 0 spiro atoms. The van der Waals surface area contributed by atoms with Gasteiger partial charge in [0.25, 0.3) is 5.91 Å². The molecule has 7 heteroatoms. The van der Waals surface area contributed by atoms with Crippen molar-refractivity contribution >= 4 is 16.8 Å². The Labute approximate surface area is 242 Å². The molecule has 5 rings (SSSR count). The highest BCUT2D eigenvalue weighted by atomic mass is 16.5. The van der Waals surface area contributed by atoms with Gasteiger partial charge in [-0.05, 0) is 37.2 Å². The standard InChI is InChI=1S/C34H41N3O4/c1-23-18-37(24(2)21-38)34(39)33-32(28-15-9-10-16-29(28)36(33)4)27-14-8-6-13-26(27)22-41-31(23)20-35(3)19-25-12-7-11-17-30(25)40-5/h6-17,23-24,31,38H,18-22H2,1-5H3/t23-,24-,31-/m0/s1. The van der Waals surface area contributed by atoms with E-state index in [-0.39, 0.29) is 30.6 Å². The first-order valence-corrected chi connectivity index (χ1v) is 14.3. The van der Waals surface area contributed by atoms with Gasteiger partial charge in [0, 0.05) is 54.6 Å². The van der Waals surface area contributed by atoms with Crippen LogP contribution in [-0.2, 0) is 24.9 Å². The molecule has 1 aliphatic rings. The number of aromatic nitrogens is 1. The molecule has 2 heterocycles. The van der Waals surface area contributed by atoms with Crippen LogP contribution in [-0.4, -0.2) is 71.4 Å². The van der Waals surface area contributed by atoms with Crippen molar-refractivity contribution in [3.05, 3.63) is 89.6 Å². The first-order valence-electron chi connectivity index (χ1n) is 14.3.